The number of amides is 3. The molecule has 1 fully saturated rings. The van der Waals surface area contributed by atoms with Crippen molar-refractivity contribution in [3.8, 4) is 0 Å². The highest BCUT2D eigenvalue weighted by atomic mass is 19.4. The number of rotatable bonds is 5. The van der Waals surface area contributed by atoms with Crippen LogP contribution >= 0.6 is 0 Å². The van der Waals surface area contributed by atoms with Crippen molar-refractivity contribution in [1.29, 1.82) is 0 Å². The van der Waals surface area contributed by atoms with Gasteiger partial charge in [0.1, 0.15) is 12.3 Å². The number of anilines is 1. The van der Waals surface area contributed by atoms with Crippen LogP contribution in [0.15, 0.2) is 53.2 Å². The van der Waals surface area contributed by atoms with Crippen molar-refractivity contribution in [3.63, 3.8) is 0 Å². The molecule has 1 N–H and O–H groups in total. The molecule has 34 heavy (non-hydrogen) atoms. The van der Waals surface area contributed by atoms with E-state index >= 15 is 0 Å². The minimum Gasteiger partial charge on any atom is -0.467 e. The van der Waals surface area contributed by atoms with Gasteiger partial charge in [0, 0.05) is 0 Å². The summed E-state index contributed by atoms with van der Waals surface area (Å²) in [6.07, 6.45) is 1.50. The first-order valence-electron chi connectivity index (χ1n) is 10.6. The smallest absolute Gasteiger partial charge is 0.416 e. The molecule has 3 aromatic rings. The maximum absolute atomic E-state index is 13.2. The second-order valence-electron chi connectivity index (χ2n) is 8.27. The third-order valence-electron chi connectivity index (χ3n) is 6.12. The molecule has 1 aliphatic carbocycles. The third-order valence-corrected chi connectivity index (χ3v) is 6.12. The Balaban J connectivity index is 1.42. The van der Waals surface area contributed by atoms with E-state index in [0.29, 0.717) is 24.1 Å². The lowest BCUT2D eigenvalue weighted by Gasteiger charge is -2.15. The number of hydrogen-bond acceptors (Lipinski definition) is 5. The molecule has 176 valence electrons. The quantitative estimate of drug-likeness (QED) is 0.452. The van der Waals surface area contributed by atoms with Gasteiger partial charge in [0.05, 0.1) is 41.2 Å². The molecule has 5 rings (SSSR count). The number of hydrogen-bond donors (Lipinski definition) is 1. The Kier molecular flexibility index (Phi) is 5.26. The molecule has 1 aromatic carbocycles. The molecule has 0 bridgehead atoms. The molecular weight excluding hydrogens is 453 g/mol. The summed E-state index contributed by atoms with van der Waals surface area (Å²) in [6, 6.07) is 6.45. The number of imidazole rings is 1. The lowest BCUT2D eigenvalue weighted by Crippen LogP contribution is -2.38. The summed E-state index contributed by atoms with van der Waals surface area (Å²) < 4.78 is 46.4. The first-order chi connectivity index (χ1) is 16.2. The van der Waals surface area contributed by atoms with Crippen LogP contribution in [0.25, 0.3) is 11.0 Å². The van der Waals surface area contributed by atoms with Crippen LogP contribution in [0.5, 0.6) is 0 Å². The highest BCUT2D eigenvalue weighted by Gasteiger charge is 2.47. The Morgan fingerprint density at radius 2 is 1.82 bits per heavy atom. The number of carbonyl (C=O) groups is 3. The maximum Gasteiger partial charge on any atom is 0.416 e. The Labute approximate surface area is 191 Å². The summed E-state index contributed by atoms with van der Waals surface area (Å²) in [6.45, 7) is -0.399. The number of aromatic nitrogens is 2. The first kappa shape index (κ1) is 21.9. The zero-order valence-electron chi connectivity index (χ0n) is 17.7. The second kappa shape index (κ2) is 8.15. The highest BCUT2D eigenvalue weighted by Crippen LogP contribution is 2.35. The van der Waals surface area contributed by atoms with Gasteiger partial charge in [-0.15, -0.1) is 0 Å². The molecule has 3 amide bonds. The minimum absolute atomic E-state index is 0.0195. The number of likely N-dealkylation sites (tertiary alicyclic amines) is 1. The summed E-state index contributed by atoms with van der Waals surface area (Å²) in [5.41, 5.74) is -0.489. The highest BCUT2D eigenvalue weighted by molar-refractivity contribution is 6.08. The van der Waals surface area contributed by atoms with Crippen LogP contribution < -0.4 is 5.32 Å². The van der Waals surface area contributed by atoms with Gasteiger partial charge in [-0.1, -0.05) is 12.2 Å². The van der Waals surface area contributed by atoms with E-state index in [9.17, 15) is 27.6 Å². The number of carbonyl (C=O) groups excluding carboxylic acids is 3. The van der Waals surface area contributed by atoms with Gasteiger partial charge in [0.15, 0.2) is 0 Å². The zero-order chi connectivity index (χ0) is 24.0. The van der Waals surface area contributed by atoms with Crippen molar-refractivity contribution in [2.24, 2.45) is 11.8 Å². The fourth-order valence-electron chi connectivity index (χ4n) is 4.45. The van der Waals surface area contributed by atoms with Gasteiger partial charge in [0.25, 0.3) is 0 Å². The molecule has 3 heterocycles. The molecule has 2 unspecified atom stereocenters. The summed E-state index contributed by atoms with van der Waals surface area (Å²) in [5.74, 6) is -1.92. The van der Waals surface area contributed by atoms with Crippen molar-refractivity contribution in [1.82, 2.24) is 14.5 Å². The van der Waals surface area contributed by atoms with Gasteiger partial charge in [-0.2, -0.15) is 13.2 Å². The van der Waals surface area contributed by atoms with Crippen molar-refractivity contribution in [3.05, 3.63) is 60.1 Å². The van der Waals surface area contributed by atoms with Gasteiger partial charge in [-0.25, -0.2) is 4.98 Å². The Bertz CT molecular complexity index is 1280. The Morgan fingerprint density at radius 3 is 2.44 bits per heavy atom. The Morgan fingerprint density at radius 1 is 1.12 bits per heavy atom. The van der Waals surface area contributed by atoms with Gasteiger partial charge >= 0.3 is 6.18 Å². The average Bonchev–Trinajstić information content (AvgIpc) is 3.49. The number of alkyl halides is 3. The monoisotopic (exact) mass is 472 g/mol. The second-order valence-corrected chi connectivity index (χ2v) is 8.27. The van der Waals surface area contributed by atoms with E-state index in [0.717, 1.165) is 17.0 Å². The predicted molar refractivity (Wildman–Crippen MR) is 113 cm³/mol. The predicted octanol–water partition coefficient (Wildman–Crippen LogP) is 3.59. The van der Waals surface area contributed by atoms with Gasteiger partial charge in [0.2, 0.25) is 23.7 Å². The standard InChI is InChI=1S/C23H19F3N4O4/c24-23(25,26)13-7-8-18-17(10-13)27-22(29(18)11-14-4-3-9-34-14)28-19(31)12-30-20(32)15-5-1-2-6-16(15)21(30)33/h1-4,7-10,15-16H,5-6,11-12H2,(H,27,28,31). The van der Waals surface area contributed by atoms with Crippen LogP contribution in [0, 0.1) is 11.8 Å². The van der Waals surface area contributed by atoms with Crippen LogP contribution in [0.2, 0.25) is 0 Å². The molecule has 8 nitrogen and oxygen atoms in total. The van der Waals surface area contributed by atoms with E-state index in [-0.39, 0.29) is 18.0 Å². The number of imide groups is 1. The average molecular weight is 472 g/mol. The summed E-state index contributed by atoms with van der Waals surface area (Å²) in [7, 11) is 0. The van der Waals surface area contributed by atoms with Crippen LogP contribution in [-0.2, 0) is 27.1 Å². The number of halogens is 3. The summed E-state index contributed by atoms with van der Waals surface area (Å²) in [4.78, 5) is 43.2. The minimum atomic E-state index is -4.55. The van der Waals surface area contributed by atoms with Gasteiger partial charge in [-0.05, 0) is 43.2 Å². The lowest BCUT2D eigenvalue weighted by atomic mass is 9.85. The van der Waals surface area contributed by atoms with E-state index in [1.807, 2.05) is 12.2 Å². The van der Waals surface area contributed by atoms with Crippen LogP contribution in [-0.4, -0.2) is 38.7 Å². The van der Waals surface area contributed by atoms with Gasteiger partial charge in [-0.3, -0.25) is 24.6 Å². The molecule has 2 atom stereocenters. The molecule has 2 aromatic heterocycles. The fraction of sp³-hybridized carbons (Fsp3) is 0.304. The van der Waals surface area contributed by atoms with E-state index in [2.05, 4.69) is 10.3 Å². The van der Waals surface area contributed by atoms with E-state index < -0.39 is 47.8 Å². The van der Waals surface area contributed by atoms with Crippen LogP contribution in [0.4, 0.5) is 19.1 Å². The molecular formula is C23H19F3N4O4. The van der Waals surface area contributed by atoms with Crippen molar-refractivity contribution >= 4 is 34.7 Å². The van der Waals surface area contributed by atoms with E-state index in [4.69, 9.17) is 4.42 Å². The van der Waals surface area contributed by atoms with E-state index in [1.54, 1.807) is 12.1 Å². The number of nitrogens with one attached hydrogen (secondary N) is 1. The number of benzene rings is 1. The fourth-order valence-corrected chi connectivity index (χ4v) is 4.45. The SMILES string of the molecule is O=C(CN1C(=O)C2CC=CCC2C1=O)Nc1nc2cc(C(F)(F)F)ccc2n1Cc1ccco1. The normalized spacial score (nSPS) is 20.3. The maximum atomic E-state index is 13.2. The molecule has 0 saturated carbocycles. The Hall–Kier alpha value is -3.89. The van der Waals surface area contributed by atoms with Crippen LogP contribution in [0.1, 0.15) is 24.2 Å². The molecule has 1 aliphatic heterocycles. The summed E-state index contributed by atoms with van der Waals surface area (Å²) >= 11 is 0. The van der Waals surface area contributed by atoms with E-state index in [1.165, 1.54) is 16.9 Å². The molecule has 11 heteroatoms. The lowest BCUT2D eigenvalue weighted by molar-refractivity contribution is -0.142. The zero-order valence-corrected chi connectivity index (χ0v) is 17.7. The molecule has 0 radical (unpaired) electrons. The first-order valence-corrected chi connectivity index (χ1v) is 10.6. The number of fused-ring (bicyclic) bond motifs is 2. The molecule has 2 aliphatic rings. The number of allylic oxidation sites excluding steroid dienone is 2. The van der Waals surface area contributed by atoms with Crippen molar-refractivity contribution < 1.29 is 32.0 Å². The third kappa shape index (κ3) is 3.87. The number of furan rings is 1. The van der Waals surface area contributed by atoms with Crippen molar-refractivity contribution in [2.45, 2.75) is 25.6 Å². The van der Waals surface area contributed by atoms with Gasteiger partial charge < -0.3 is 8.98 Å². The largest absolute Gasteiger partial charge is 0.467 e. The topological polar surface area (TPSA) is 97.4 Å². The summed E-state index contributed by atoms with van der Waals surface area (Å²) in [5, 5.41) is 2.55. The van der Waals surface area contributed by atoms with Crippen molar-refractivity contribution in [2.75, 3.05) is 11.9 Å². The molecule has 1 saturated heterocycles. The number of nitrogens with zero attached hydrogens (tertiary/aromatic N) is 3. The molecule has 0 spiro atoms. The van der Waals surface area contributed by atoms with Crippen LogP contribution in [0.3, 0.4) is 0 Å².